The van der Waals surface area contributed by atoms with Crippen molar-refractivity contribution >= 4 is 6.34 Å². The van der Waals surface area contributed by atoms with Crippen LogP contribution in [-0.4, -0.2) is 19.4 Å². The summed E-state index contributed by atoms with van der Waals surface area (Å²) in [5.41, 5.74) is 4.83. The van der Waals surface area contributed by atoms with Gasteiger partial charge in [0.2, 0.25) is 0 Å². The van der Waals surface area contributed by atoms with E-state index < -0.39 is 0 Å². The highest BCUT2D eigenvalue weighted by Gasteiger charge is 1.73. The smallest absolute Gasteiger partial charge is 0.101 e. The minimum Gasteiger partial charge on any atom is -0.390 e. The van der Waals surface area contributed by atoms with Gasteiger partial charge in [-0.1, -0.05) is 5.18 Å². The Hall–Kier alpha value is -0.930. The highest BCUT2D eigenvalue weighted by Crippen LogP contribution is 1.66. The fourth-order valence-electron chi connectivity index (χ4n) is 0.173. The van der Waals surface area contributed by atoms with Gasteiger partial charge in [0.1, 0.15) is 6.54 Å². The zero-order valence-corrected chi connectivity index (χ0v) is 3.87. The highest BCUT2D eigenvalue weighted by atomic mass is 16.3. The van der Waals surface area contributed by atoms with Gasteiger partial charge in [-0.25, -0.2) is 0 Å². The molecule has 0 fully saturated rings. The maximum Gasteiger partial charge on any atom is 0.101 e. The summed E-state index contributed by atoms with van der Waals surface area (Å²) in [6.07, 6.45) is 1.16. The van der Waals surface area contributed by atoms with Crippen LogP contribution in [0.5, 0.6) is 0 Å². The first-order valence-electron chi connectivity index (χ1n) is 1.91. The minimum absolute atomic E-state index is 0.216. The van der Waals surface area contributed by atoms with E-state index in [2.05, 4.69) is 10.2 Å². The summed E-state index contributed by atoms with van der Waals surface area (Å²) in [5.74, 6) is 0. The molecule has 0 rings (SSSR count). The van der Waals surface area contributed by atoms with Crippen molar-refractivity contribution in [3.63, 3.8) is 0 Å². The zero-order valence-electron chi connectivity index (χ0n) is 3.87. The minimum atomic E-state index is 0.216. The molecule has 0 aliphatic rings. The van der Waals surface area contributed by atoms with Crippen LogP contribution in [-0.2, 0) is 0 Å². The quantitative estimate of drug-likeness (QED) is 0.230. The van der Waals surface area contributed by atoms with Crippen molar-refractivity contribution < 1.29 is 0 Å². The Bertz CT molecular complexity index is 70.6. The fourth-order valence-corrected chi connectivity index (χ4v) is 0.173. The summed E-state index contributed by atoms with van der Waals surface area (Å²) >= 11 is 0. The standard InChI is InChI=1S/C3H7N3O/c4-3-5-1-2-6-7/h3H,1-2H2,(H2,4,5). The van der Waals surface area contributed by atoms with E-state index in [0.717, 1.165) is 6.34 Å². The molecule has 0 spiro atoms. The molecule has 0 unspecified atom stereocenters. The second-order valence-electron chi connectivity index (χ2n) is 0.908. The van der Waals surface area contributed by atoms with Crippen molar-refractivity contribution in [3.8, 4) is 0 Å². The molecule has 0 radical (unpaired) electrons. The van der Waals surface area contributed by atoms with Crippen LogP contribution >= 0.6 is 0 Å². The Labute approximate surface area is 41.4 Å². The molecule has 0 aromatic rings. The zero-order chi connectivity index (χ0) is 5.54. The Kier molecular flexibility index (Phi) is 4.40. The molecular weight excluding hydrogens is 94.1 g/mol. The van der Waals surface area contributed by atoms with Crippen molar-refractivity contribution in [2.75, 3.05) is 13.1 Å². The normalized spacial score (nSPS) is 9.71. The lowest BCUT2D eigenvalue weighted by molar-refractivity contribution is 0.970. The first-order valence-corrected chi connectivity index (χ1v) is 1.91. The van der Waals surface area contributed by atoms with Gasteiger partial charge in [0.25, 0.3) is 0 Å². The second kappa shape index (κ2) is 5.07. The number of hydrogen-bond acceptors (Lipinski definition) is 3. The van der Waals surface area contributed by atoms with Crippen LogP contribution < -0.4 is 5.73 Å². The predicted octanol–water partition coefficient (Wildman–Crippen LogP) is -0.260. The van der Waals surface area contributed by atoms with E-state index in [-0.39, 0.29) is 6.54 Å². The van der Waals surface area contributed by atoms with Crippen molar-refractivity contribution in [1.82, 2.24) is 0 Å². The van der Waals surface area contributed by atoms with Crippen molar-refractivity contribution in [2.24, 2.45) is 15.9 Å². The molecule has 0 atom stereocenters. The van der Waals surface area contributed by atoms with Crippen LogP contribution in [0.25, 0.3) is 0 Å². The summed E-state index contributed by atoms with van der Waals surface area (Å²) in [6.45, 7) is 0.619. The lowest BCUT2D eigenvalue weighted by atomic mass is 10.7. The fraction of sp³-hybridized carbons (Fsp3) is 0.667. The van der Waals surface area contributed by atoms with Gasteiger partial charge in [0.15, 0.2) is 0 Å². The van der Waals surface area contributed by atoms with E-state index in [4.69, 9.17) is 5.73 Å². The lowest BCUT2D eigenvalue weighted by Gasteiger charge is -1.76. The van der Waals surface area contributed by atoms with E-state index in [1.807, 2.05) is 0 Å². The Balaban J connectivity index is 2.82. The molecule has 0 aromatic carbocycles. The molecular formula is C3H7N3O. The largest absolute Gasteiger partial charge is 0.390 e. The molecule has 0 heterocycles. The summed E-state index contributed by atoms with van der Waals surface area (Å²) in [7, 11) is 0. The molecule has 0 saturated carbocycles. The van der Waals surface area contributed by atoms with Gasteiger partial charge in [-0.05, 0) is 0 Å². The van der Waals surface area contributed by atoms with Crippen LogP contribution in [0.15, 0.2) is 10.2 Å². The van der Waals surface area contributed by atoms with Crippen molar-refractivity contribution in [1.29, 1.82) is 0 Å². The number of nitroso groups, excluding NO2 is 1. The Morgan fingerprint density at radius 2 is 2.29 bits per heavy atom. The molecule has 4 heteroatoms. The van der Waals surface area contributed by atoms with Gasteiger partial charge in [0, 0.05) is 0 Å². The van der Waals surface area contributed by atoms with Crippen LogP contribution in [0.4, 0.5) is 0 Å². The van der Waals surface area contributed by atoms with Crippen molar-refractivity contribution in [2.45, 2.75) is 0 Å². The summed E-state index contributed by atoms with van der Waals surface area (Å²) in [6, 6.07) is 0. The number of hydrogen-bond donors (Lipinski definition) is 1. The topological polar surface area (TPSA) is 67.8 Å². The Morgan fingerprint density at radius 3 is 2.71 bits per heavy atom. The van der Waals surface area contributed by atoms with Crippen LogP contribution in [0.3, 0.4) is 0 Å². The molecule has 0 saturated heterocycles. The van der Waals surface area contributed by atoms with Crippen LogP contribution in [0.1, 0.15) is 0 Å². The van der Waals surface area contributed by atoms with Gasteiger partial charge in [-0.3, -0.25) is 4.99 Å². The van der Waals surface area contributed by atoms with Gasteiger partial charge in [-0.2, -0.15) is 4.91 Å². The van der Waals surface area contributed by atoms with Gasteiger partial charge >= 0.3 is 0 Å². The van der Waals surface area contributed by atoms with E-state index in [1.54, 1.807) is 0 Å². The SMILES string of the molecule is NC=NCCN=O. The first-order chi connectivity index (χ1) is 3.41. The number of aliphatic imine (C=N–C) groups is 1. The number of rotatable bonds is 3. The summed E-state index contributed by atoms with van der Waals surface area (Å²) < 4.78 is 0. The molecule has 4 nitrogen and oxygen atoms in total. The molecule has 0 aromatic heterocycles. The average Bonchev–Trinajstić information content (AvgIpc) is 1.69. The van der Waals surface area contributed by atoms with E-state index in [1.165, 1.54) is 0 Å². The third kappa shape index (κ3) is 5.07. The van der Waals surface area contributed by atoms with E-state index in [0.29, 0.717) is 6.54 Å². The lowest BCUT2D eigenvalue weighted by Crippen LogP contribution is -1.92. The number of nitrogens with two attached hydrogens (primary N) is 1. The third-order valence-corrected chi connectivity index (χ3v) is 0.426. The average molecular weight is 101 g/mol. The van der Waals surface area contributed by atoms with Crippen LogP contribution in [0, 0.1) is 4.91 Å². The molecule has 0 amide bonds. The first kappa shape index (κ1) is 6.07. The van der Waals surface area contributed by atoms with E-state index >= 15 is 0 Å². The predicted molar refractivity (Wildman–Crippen MR) is 28.2 cm³/mol. The Morgan fingerprint density at radius 1 is 1.57 bits per heavy atom. The molecule has 0 aliphatic heterocycles. The third-order valence-electron chi connectivity index (χ3n) is 0.426. The van der Waals surface area contributed by atoms with Crippen LogP contribution in [0.2, 0.25) is 0 Å². The summed E-state index contributed by atoms with van der Waals surface area (Å²) in [5, 5.41) is 2.55. The molecule has 40 valence electrons. The monoisotopic (exact) mass is 101 g/mol. The molecule has 2 N–H and O–H groups in total. The van der Waals surface area contributed by atoms with Gasteiger partial charge < -0.3 is 5.73 Å². The maximum absolute atomic E-state index is 9.31. The molecule has 0 aliphatic carbocycles. The van der Waals surface area contributed by atoms with Gasteiger partial charge in [0.05, 0.1) is 12.9 Å². The number of nitrogens with zero attached hydrogens (tertiary/aromatic N) is 2. The summed E-state index contributed by atoms with van der Waals surface area (Å²) in [4.78, 5) is 12.8. The molecule has 0 bridgehead atoms. The van der Waals surface area contributed by atoms with Crippen molar-refractivity contribution in [3.05, 3.63) is 4.91 Å². The van der Waals surface area contributed by atoms with Gasteiger partial charge in [-0.15, -0.1) is 0 Å². The molecule has 7 heavy (non-hydrogen) atoms. The highest BCUT2D eigenvalue weighted by molar-refractivity contribution is 5.50. The second-order valence-corrected chi connectivity index (χ2v) is 0.908. The maximum atomic E-state index is 9.31. The van der Waals surface area contributed by atoms with E-state index in [9.17, 15) is 4.91 Å².